The number of ether oxygens (including phenoxy) is 1. The van der Waals surface area contributed by atoms with Crippen molar-refractivity contribution in [3.05, 3.63) is 61.2 Å². The molecule has 0 bridgehead atoms. The second-order valence-corrected chi connectivity index (χ2v) is 9.41. The Morgan fingerprint density at radius 2 is 1.84 bits per heavy atom. The summed E-state index contributed by atoms with van der Waals surface area (Å²) in [5, 5.41) is 13.1. The standard InChI is InChI=1S/C21H22Cl2N4O2S2/c1-10-13(4)31-19(17(10)20(28)29-5)25-21(30)24-18-11(2)26-27(12(18)3)9-14-15(22)7-6-8-16(14)23/h6-8H,9H2,1-5H3,(H2,24,25,30). The number of anilines is 2. The Bertz CT molecular complexity index is 1150. The molecule has 0 aliphatic heterocycles. The van der Waals surface area contributed by atoms with Crippen molar-refractivity contribution >= 4 is 68.5 Å². The van der Waals surface area contributed by atoms with Gasteiger partial charge in [-0.25, -0.2) is 4.79 Å². The van der Waals surface area contributed by atoms with Crippen LogP contribution in [0.15, 0.2) is 18.2 Å². The lowest BCUT2D eigenvalue weighted by molar-refractivity contribution is 0.0601. The second kappa shape index (κ2) is 9.56. The van der Waals surface area contributed by atoms with Crippen LogP contribution in [0.4, 0.5) is 10.7 Å². The van der Waals surface area contributed by atoms with Gasteiger partial charge in [-0.2, -0.15) is 5.10 Å². The smallest absolute Gasteiger partial charge is 0.341 e. The summed E-state index contributed by atoms with van der Waals surface area (Å²) in [7, 11) is 1.36. The first-order valence-electron chi connectivity index (χ1n) is 9.37. The van der Waals surface area contributed by atoms with Crippen LogP contribution in [-0.4, -0.2) is 28.0 Å². The summed E-state index contributed by atoms with van der Waals surface area (Å²) in [4.78, 5) is 13.2. The number of rotatable bonds is 5. The summed E-state index contributed by atoms with van der Waals surface area (Å²) in [6.07, 6.45) is 0. The first-order valence-corrected chi connectivity index (χ1v) is 11.3. The minimum atomic E-state index is -0.399. The Balaban J connectivity index is 1.82. The number of thiophene rings is 1. The van der Waals surface area contributed by atoms with E-state index in [1.807, 2.05) is 38.4 Å². The first-order chi connectivity index (χ1) is 14.6. The van der Waals surface area contributed by atoms with Crippen LogP contribution in [0.25, 0.3) is 0 Å². The van der Waals surface area contributed by atoms with Gasteiger partial charge in [0, 0.05) is 20.5 Å². The third-order valence-corrected chi connectivity index (χ3v) is 7.03. The van der Waals surface area contributed by atoms with Crippen molar-refractivity contribution in [1.82, 2.24) is 9.78 Å². The molecule has 0 saturated carbocycles. The molecule has 31 heavy (non-hydrogen) atoms. The molecule has 0 unspecified atom stereocenters. The van der Waals surface area contributed by atoms with E-state index in [4.69, 9.17) is 40.2 Å². The topological polar surface area (TPSA) is 68.2 Å². The number of esters is 1. The quantitative estimate of drug-likeness (QED) is 0.327. The largest absolute Gasteiger partial charge is 0.465 e. The van der Waals surface area contributed by atoms with Crippen LogP contribution in [0, 0.1) is 27.7 Å². The average Bonchev–Trinajstić information content (AvgIpc) is 3.13. The van der Waals surface area contributed by atoms with E-state index in [1.165, 1.54) is 18.4 Å². The minimum absolute atomic E-state index is 0.355. The van der Waals surface area contributed by atoms with E-state index in [0.717, 1.165) is 33.1 Å². The average molecular weight is 497 g/mol. The molecular formula is C21H22Cl2N4O2S2. The fourth-order valence-electron chi connectivity index (χ4n) is 3.18. The SMILES string of the molecule is COC(=O)c1c(NC(=S)Nc2c(C)nn(Cc3c(Cl)cccc3Cl)c2C)sc(C)c1C. The number of nitrogens with zero attached hydrogens (tertiary/aromatic N) is 2. The third-order valence-electron chi connectivity index (χ3n) is 4.99. The molecule has 3 aromatic rings. The Hall–Kier alpha value is -2.13. The number of benzene rings is 1. The maximum absolute atomic E-state index is 12.2. The van der Waals surface area contributed by atoms with Crippen molar-refractivity contribution in [3.8, 4) is 0 Å². The molecule has 2 heterocycles. The van der Waals surface area contributed by atoms with Gasteiger partial charge in [0.1, 0.15) is 5.00 Å². The summed E-state index contributed by atoms with van der Waals surface area (Å²) in [5.74, 6) is -0.399. The van der Waals surface area contributed by atoms with Crippen LogP contribution in [0.1, 0.15) is 37.7 Å². The van der Waals surface area contributed by atoms with Crippen LogP contribution in [0.5, 0.6) is 0 Å². The van der Waals surface area contributed by atoms with E-state index in [1.54, 1.807) is 12.1 Å². The number of carbonyl (C=O) groups excluding carboxylic acids is 1. The van der Waals surface area contributed by atoms with Crippen molar-refractivity contribution in [1.29, 1.82) is 0 Å². The van der Waals surface area contributed by atoms with E-state index in [2.05, 4.69) is 15.7 Å². The number of hydrogen-bond acceptors (Lipinski definition) is 5. The number of aromatic nitrogens is 2. The number of nitrogens with one attached hydrogen (secondary N) is 2. The van der Waals surface area contributed by atoms with Gasteiger partial charge < -0.3 is 15.4 Å². The molecule has 164 valence electrons. The van der Waals surface area contributed by atoms with E-state index in [-0.39, 0.29) is 0 Å². The van der Waals surface area contributed by atoms with E-state index < -0.39 is 5.97 Å². The van der Waals surface area contributed by atoms with E-state index >= 15 is 0 Å². The molecule has 0 radical (unpaired) electrons. The molecule has 1 aromatic carbocycles. The molecule has 0 spiro atoms. The molecule has 0 saturated heterocycles. The van der Waals surface area contributed by atoms with Gasteiger partial charge in [-0.3, -0.25) is 4.68 Å². The lowest BCUT2D eigenvalue weighted by atomic mass is 10.1. The molecule has 2 N–H and O–H groups in total. The highest BCUT2D eigenvalue weighted by Gasteiger charge is 2.22. The molecular weight excluding hydrogens is 475 g/mol. The Kier molecular flexibility index (Phi) is 7.26. The number of hydrogen-bond donors (Lipinski definition) is 2. The van der Waals surface area contributed by atoms with Gasteiger partial charge in [0.2, 0.25) is 0 Å². The number of thiocarbonyl (C=S) groups is 1. The third kappa shape index (κ3) is 4.87. The Morgan fingerprint density at radius 1 is 1.19 bits per heavy atom. The number of halogens is 2. The van der Waals surface area contributed by atoms with Crippen LogP contribution in [-0.2, 0) is 11.3 Å². The predicted octanol–water partition coefficient (Wildman–Crippen LogP) is 6.13. The summed E-state index contributed by atoms with van der Waals surface area (Å²) in [5.41, 5.74) is 4.60. The fraction of sp³-hybridized carbons (Fsp3) is 0.286. The van der Waals surface area contributed by atoms with Crippen molar-refractivity contribution in [2.75, 3.05) is 17.7 Å². The van der Waals surface area contributed by atoms with Gasteiger partial charge in [0.15, 0.2) is 5.11 Å². The van der Waals surface area contributed by atoms with Gasteiger partial charge in [-0.05, 0) is 57.6 Å². The molecule has 3 rings (SSSR count). The number of methoxy groups -OCH3 is 1. The van der Waals surface area contributed by atoms with Crippen LogP contribution < -0.4 is 10.6 Å². The predicted molar refractivity (Wildman–Crippen MR) is 132 cm³/mol. The van der Waals surface area contributed by atoms with E-state index in [0.29, 0.717) is 32.3 Å². The van der Waals surface area contributed by atoms with Gasteiger partial charge in [-0.15, -0.1) is 11.3 Å². The van der Waals surface area contributed by atoms with Gasteiger partial charge in [0.25, 0.3) is 0 Å². The van der Waals surface area contributed by atoms with Crippen molar-refractivity contribution in [3.63, 3.8) is 0 Å². The summed E-state index contributed by atoms with van der Waals surface area (Å²) in [6, 6.07) is 5.41. The molecule has 2 aromatic heterocycles. The molecule has 0 aliphatic carbocycles. The highest BCUT2D eigenvalue weighted by atomic mass is 35.5. The maximum Gasteiger partial charge on any atom is 0.341 e. The number of aryl methyl sites for hydroxylation is 2. The van der Waals surface area contributed by atoms with Gasteiger partial charge in [0.05, 0.1) is 36.3 Å². The second-order valence-electron chi connectivity index (χ2n) is 6.96. The summed E-state index contributed by atoms with van der Waals surface area (Å²) < 4.78 is 6.74. The molecule has 0 atom stereocenters. The van der Waals surface area contributed by atoms with Gasteiger partial charge in [-0.1, -0.05) is 29.3 Å². The molecule has 6 nitrogen and oxygen atoms in total. The molecule has 0 amide bonds. The number of carbonyl (C=O) groups is 1. The molecule has 0 aliphatic rings. The zero-order chi connectivity index (χ0) is 22.9. The lowest BCUT2D eigenvalue weighted by Crippen LogP contribution is -2.21. The Morgan fingerprint density at radius 3 is 2.45 bits per heavy atom. The Labute approximate surface area is 200 Å². The van der Waals surface area contributed by atoms with Crippen molar-refractivity contribution in [2.24, 2.45) is 0 Å². The fourth-order valence-corrected chi connectivity index (χ4v) is 5.01. The normalized spacial score (nSPS) is 10.8. The summed E-state index contributed by atoms with van der Waals surface area (Å²) >= 11 is 19.6. The highest BCUT2D eigenvalue weighted by molar-refractivity contribution is 7.80. The first kappa shape index (κ1) is 23.5. The zero-order valence-corrected chi connectivity index (χ0v) is 20.9. The zero-order valence-electron chi connectivity index (χ0n) is 17.7. The lowest BCUT2D eigenvalue weighted by Gasteiger charge is -2.12. The summed E-state index contributed by atoms with van der Waals surface area (Å²) in [6.45, 7) is 8.10. The van der Waals surface area contributed by atoms with Crippen LogP contribution in [0.3, 0.4) is 0 Å². The highest BCUT2D eigenvalue weighted by Crippen LogP contribution is 2.33. The maximum atomic E-state index is 12.2. The molecule has 10 heteroatoms. The van der Waals surface area contributed by atoms with Crippen molar-refractivity contribution in [2.45, 2.75) is 34.2 Å². The molecule has 0 fully saturated rings. The van der Waals surface area contributed by atoms with Crippen LogP contribution in [0.2, 0.25) is 10.0 Å². The van der Waals surface area contributed by atoms with Crippen molar-refractivity contribution < 1.29 is 9.53 Å². The monoisotopic (exact) mass is 496 g/mol. The van der Waals surface area contributed by atoms with E-state index in [9.17, 15) is 4.79 Å². The minimum Gasteiger partial charge on any atom is -0.465 e. The van der Waals surface area contributed by atoms with Crippen LogP contribution >= 0.6 is 46.8 Å². The van der Waals surface area contributed by atoms with Gasteiger partial charge >= 0.3 is 5.97 Å².